The Bertz CT molecular complexity index is 893. The van der Waals surface area contributed by atoms with E-state index < -0.39 is 0 Å². The van der Waals surface area contributed by atoms with Crippen molar-refractivity contribution in [3.05, 3.63) is 59.9 Å². The summed E-state index contributed by atoms with van der Waals surface area (Å²) in [5.41, 5.74) is 4.21. The molecule has 0 aliphatic carbocycles. The standard InChI is InChI=1S/C21H24N4O/c1-3-8-22-10-11-24-21(26)18-13-20(16-5-4-9-23-14-16)25-19-7-6-15(2)12-17(18)19/h4-7,9,12-14,22H,3,8,10-11H2,1-2H3,(H,24,26). The zero-order chi connectivity index (χ0) is 18.4. The van der Waals surface area contributed by atoms with Gasteiger partial charge in [-0.2, -0.15) is 0 Å². The lowest BCUT2D eigenvalue weighted by Crippen LogP contribution is -2.32. The number of benzene rings is 1. The van der Waals surface area contributed by atoms with Gasteiger partial charge in [-0.1, -0.05) is 18.6 Å². The predicted molar refractivity (Wildman–Crippen MR) is 105 cm³/mol. The number of rotatable bonds is 7. The first-order valence-electron chi connectivity index (χ1n) is 8.99. The minimum absolute atomic E-state index is 0.0774. The van der Waals surface area contributed by atoms with Gasteiger partial charge < -0.3 is 10.6 Å². The van der Waals surface area contributed by atoms with Gasteiger partial charge in [0.25, 0.3) is 5.91 Å². The second-order valence-corrected chi connectivity index (χ2v) is 6.32. The monoisotopic (exact) mass is 348 g/mol. The molecule has 1 amide bonds. The van der Waals surface area contributed by atoms with Gasteiger partial charge in [0.05, 0.1) is 16.8 Å². The Morgan fingerprint density at radius 1 is 1.12 bits per heavy atom. The highest BCUT2D eigenvalue weighted by molar-refractivity contribution is 6.07. The fourth-order valence-electron chi connectivity index (χ4n) is 2.85. The van der Waals surface area contributed by atoms with Crippen molar-refractivity contribution in [1.29, 1.82) is 0 Å². The molecule has 5 nitrogen and oxygen atoms in total. The first-order valence-corrected chi connectivity index (χ1v) is 8.99. The van der Waals surface area contributed by atoms with E-state index in [1.165, 1.54) is 0 Å². The largest absolute Gasteiger partial charge is 0.351 e. The third-order valence-corrected chi connectivity index (χ3v) is 4.18. The summed E-state index contributed by atoms with van der Waals surface area (Å²) in [6.07, 6.45) is 4.57. The van der Waals surface area contributed by atoms with Crippen molar-refractivity contribution < 1.29 is 4.79 Å². The van der Waals surface area contributed by atoms with E-state index in [1.807, 2.05) is 43.3 Å². The third kappa shape index (κ3) is 4.24. The molecular weight excluding hydrogens is 324 g/mol. The SMILES string of the molecule is CCCNCCNC(=O)c1cc(-c2cccnc2)nc2ccc(C)cc12. The molecule has 0 bridgehead atoms. The van der Waals surface area contributed by atoms with Gasteiger partial charge in [-0.05, 0) is 50.2 Å². The number of pyridine rings is 2. The Morgan fingerprint density at radius 3 is 2.77 bits per heavy atom. The Balaban J connectivity index is 1.93. The topological polar surface area (TPSA) is 66.9 Å². The summed E-state index contributed by atoms with van der Waals surface area (Å²) >= 11 is 0. The molecule has 0 saturated carbocycles. The Hall–Kier alpha value is -2.79. The number of amides is 1. The van der Waals surface area contributed by atoms with Gasteiger partial charge in [0.1, 0.15) is 0 Å². The van der Waals surface area contributed by atoms with E-state index in [0.717, 1.165) is 47.2 Å². The molecular formula is C21H24N4O. The molecule has 134 valence electrons. The van der Waals surface area contributed by atoms with Gasteiger partial charge in [-0.15, -0.1) is 0 Å². The second-order valence-electron chi connectivity index (χ2n) is 6.32. The molecule has 2 aromatic heterocycles. The Labute approximate surface area is 153 Å². The summed E-state index contributed by atoms with van der Waals surface area (Å²) in [7, 11) is 0. The van der Waals surface area contributed by atoms with E-state index in [2.05, 4.69) is 22.5 Å². The summed E-state index contributed by atoms with van der Waals surface area (Å²) in [6, 6.07) is 11.7. The minimum Gasteiger partial charge on any atom is -0.351 e. The zero-order valence-corrected chi connectivity index (χ0v) is 15.2. The Kier molecular flexibility index (Phi) is 5.92. The lowest BCUT2D eigenvalue weighted by atomic mass is 10.0. The van der Waals surface area contributed by atoms with Crippen LogP contribution in [0.1, 0.15) is 29.3 Å². The zero-order valence-electron chi connectivity index (χ0n) is 15.2. The first-order chi connectivity index (χ1) is 12.7. The normalized spacial score (nSPS) is 10.8. The molecule has 5 heteroatoms. The van der Waals surface area contributed by atoms with E-state index in [1.54, 1.807) is 12.4 Å². The van der Waals surface area contributed by atoms with Crippen LogP contribution in [-0.2, 0) is 0 Å². The van der Waals surface area contributed by atoms with Crippen molar-refractivity contribution in [2.45, 2.75) is 20.3 Å². The maximum atomic E-state index is 12.8. The van der Waals surface area contributed by atoms with Crippen LogP contribution in [0, 0.1) is 6.92 Å². The summed E-state index contributed by atoms with van der Waals surface area (Å²) in [4.78, 5) is 21.7. The number of nitrogens with zero attached hydrogens (tertiary/aromatic N) is 2. The van der Waals surface area contributed by atoms with Crippen molar-refractivity contribution >= 4 is 16.8 Å². The molecule has 1 aromatic carbocycles. The van der Waals surface area contributed by atoms with Crippen LogP contribution in [-0.4, -0.2) is 35.5 Å². The average Bonchev–Trinajstić information content (AvgIpc) is 2.67. The van der Waals surface area contributed by atoms with E-state index >= 15 is 0 Å². The number of aromatic nitrogens is 2. The van der Waals surface area contributed by atoms with Crippen molar-refractivity contribution in [2.24, 2.45) is 0 Å². The third-order valence-electron chi connectivity index (χ3n) is 4.18. The molecule has 0 radical (unpaired) electrons. The molecule has 0 aliphatic rings. The van der Waals surface area contributed by atoms with Crippen LogP contribution in [0.15, 0.2) is 48.8 Å². The van der Waals surface area contributed by atoms with Gasteiger partial charge in [0.15, 0.2) is 0 Å². The Morgan fingerprint density at radius 2 is 2.00 bits per heavy atom. The highest BCUT2D eigenvalue weighted by atomic mass is 16.1. The van der Waals surface area contributed by atoms with Gasteiger partial charge in [-0.3, -0.25) is 9.78 Å². The number of carbonyl (C=O) groups is 1. The van der Waals surface area contributed by atoms with E-state index in [-0.39, 0.29) is 5.91 Å². The van der Waals surface area contributed by atoms with Crippen LogP contribution in [0.2, 0.25) is 0 Å². The van der Waals surface area contributed by atoms with Crippen LogP contribution in [0.5, 0.6) is 0 Å². The fraction of sp³-hybridized carbons (Fsp3) is 0.286. The maximum Gasteiger partial charge on any atom is 0.252 e. The van der Waals surface area contributed by atoms with E-state index in [0.29, 0.717) is 12.1 Å². The van der Waals surface area contributed by atoms with Crippen LogP contribution in [0.4, 0.5) is 0 Å². The highest BCUT2D eigenvalue weighted by Crippen LogP contribution is 2.25. The van der Waals surface area contributed by atoms with Gasteiger partial charge in [-0.25, -0.2) is 4.98 Å². The molecule has 0 fully saturated rings. The molecule has 2 heterocycles. The molecule has 3 aromatic rings. The predicted octanol–water partition coefficient (Wildman–Crippen LogP) is 3.33. The smallest absolute Gasteiger partial charge is 0.252 e. The fourth-order valence-corrected chi connectivity index (χ4v) is 2.85. The minimum atomic E-state index is -0.0774. The second kappa shape index (κ2) is 8.54. The number of carbonyl (C=O) groups excluding carboxylic acids is 1. The van der Waals surface area contributed by atoms with Crippen molar-refractivity contribution in [3.8, 4) is 11.3 Å². The quantitative estimate of drug-likeness (QED) is 0.643. The van der Waals surface area contributed by atoms with Crippen molar-refractivity contribution in [3.63, 3.8) is 0 Å². The van der Waals surface area contributed by atoms with E-state index in [4.69, 9.17) is 4.98 Å². The lowest BCUT2D eigenvalue weighted by Gasteiger charge is -2.11. The van der Waals surface area contributed by atoms with Crippen molar-refractivity contribution in [2.75, 3.05) is 19.6 Å². The number of nitrogens with one attached hydrogen (secondary N) is 2. The van der Waals surface area contributed by atoms with Crippen LogP contribution >= 0.6 is 0 Å². The van der Waals surface area contributed by atoms with E-state index in [9.17, 15) is 4.79 Å². The lowest BCUT2D eigenvalue weighted by molar-refractivity contribution is 0.0955. The molecule has 0 aliphatic heterocycles. The number of hydrogen-bond acceptors (Lipinski definition) is 4. The molecule has 0 saturated heterocycles. The van der Waals surface area contributed by atoms with Crippen LogP contribution in [0.3, 0.4) is 0 Å². The first kappa shape index (κ1) is 18.0. The summed E-state index contributed by atoms with van der Waals surface area (Å²) in [6.45, 7) is 6.45. The van der Waals surface area contributed by atoms with Gasteiger partial charge >= 0.3 is 0 Å². The van der Waals surface area contributed by atoms with Gasteiger partial charge in [0.2, 0.25) is 0 Å². The van der Waals surface area contributed by atoms with Gasteiger partial charge in [0, 0.05) is 36.4 Å². The summed E-state index contributed by atoms with van der Waals surface area (Å²) in [5.74, 6) is -0.0774. The number of aryl methyl sites for hydroxylation is 1. The number of fused-ring (bicyclic) bond motifs is 1. The molecule has 0 atom stereocenters. The molecule has 0 unspecified atom stereocenters. The maximum absolute atomic E-state index is 12.8. The molecule has 3 rings (SSSR count). The average molecular weight is 348 g/mol. The van der Waals surface area contributed by atoms with Crippen LogP contribution < -0.4 is 10.6 Å². The highest BCUT2D eigenvalue weighted by Gasteiger charge is 2.14. The number of hydrogen-bond donors (Lipinski definition) is 2. The van der Waals surface area contributed by atoms with Crippen LogP contribution in [0.25, 0.3) is 22.2 Å². The molecule has 26 heavy (non-hydrogen) atoms. The summed E-state index contributed by atoms with van der Waals surface area (Å²) in [5, 5.41) is 7.17. The van der Waals surface area contributed by atoms with Crippen molar-refractivity contribution in [1.82, 2.24) is 20.6 Å². The molecule has 0 spiro atoms. The summed E-state index contributed by atoms with van der Waals surface area (Å²) < 4.78 is 0. The molecule has 2 N–H and O–H groups in total.